The highest BCUT2D eigenvalue weighted by Crippen LogP contribution is 2.25. The molecule has 0 spiro atoms. The summed E-state index contributed by atoms with van der Waals surface area (Å²) in [7, 11) is 1.59. The lowest BCUT2D eigenvalue weighted by atomic mass is 9.91. The number of hydrogen-bond acceptors (Lipinski definition) is 3. The number of piperidine rings is 1. The van der Waals surface area contributed by atoms with E-state index < -0.39 is 5.60 Å². The van der Waals surface area contributed by atoms with Crippen LogP contribution in [0.4, 0.5) is 0 Å². The van der Waals surface area contributed by atoms with Crippen molar-refractivity contribution in [3.63, 3.8) is 0 Å². The van der Waals surface area contributed by atoms with Crippen LogP contribution in [-0.2, 0) is 16.0 Å². The smallest absolute Gasteiger partial charge is 0.252 e. The van der Waals surface area contributed by atoms with Crippen molar-refractivity contribution < 1.29 is 9.53 Å². The van der Waals surface area contributed by atoms with Gasteiger partial charge in [-0.25, -0.2) is 0 Å². The largest absolute Gasteiger partial charge is 0.368 e. The summed E-state index contributed by atoms with van der Waals surface area (Å²) in [5.74, 6) is -0.0605. The molecule has 1 aromatic rings. The van der Waals surface area contributed by atoms with Crippen LogP contribution in [0.1, 0.15) is 18.4 Å². The summed E-state index contributed by atoms with van der Waals surface area (Å²) in [6.45, 7) is 2.07. The van der Waals surface area contributed by atoms with Crippen LogP contribution in [-0.4, -0.2) is 38.3 Å². The van der Waals surface area contributed by atoms with E-state index in [0.717, 1.165) is 18.7 Å². The van der Waals surface area contributed by atoms with Gasteiger partial charge in [0.15, 0.2) is 0 Å². The maximum atomic E-state index is 12.4. The van der Waals surface area contributed by atoms with Gasteiger partial charge in [-0.3, -0.25) is 4.79 Å². The lowest BCUT2D eigenvalue weighted by Crippen LogP contribution is -2.54. The molecule has 2 rings (SSSR count). The fraction of sp³-hybridized carbons (Fsp3) is 0.533. The number of benzene rings is 1. The molecule has 0 radical (unpaired) electrons. The number of carbonyl (C=O) groups excluding carboxylic acids is 1. The van der Waals surface area contributed by atoms with Crippen molar-refractivity contribution in [3.05, 3.63) is 33.8 Å². The monoisotopic (exact) mass is 366 g/mol. The second-order valence-corrected chi connectivity index (χ2v) is 5.97. The Balaban J connectivity index is 0.00000242. The molecule has 0 bridgehead atoms. The number of amides is 1. The van der Waals surface area contributed by atoms with Crippen LogP contribution in [0.25, 0.3) is 0 Å². The molecule has 0 aliphatic carbocycles. The molecule has 22 heavy (non-hydrogen) atoms. The van der Waals surface area contributed by atoms with Crippen molar-refractivity contribution >= 4 is 41.5 Å². The van der Waals surface area contributed by atoms with E-state index in [1.165, 1.54) is 0 Å². The lowest BCUT2D eigenvalue weighted by molar-refractivity contribution is -0.146. The Morgan fingerprint density at radius 3 is 2.45 bits per heavy atom. The molecule has 1 saturated heterocycles. The van der Waals surface area contributed by atoms with Crippen molar-refractivity contribution in [1.29, 1.82) is 0 Å². The molecule has 124 valence electrons. The highest BCUT2D eigenvalue weighted by molar-refractivity contribution is 6.35. The standard InChI is InChI=1S/C15H20Cl2N2O2.ClH/c1-21-15(6-9-18-10-7-15)14(20)19-8-5-11-12(16)3-2-4-13(11)17;/h2-4,18H,5-10H2,1H3,(H,19,20);1H. The minimum Gasteiger partial charge on any atom is -0.368 e. The first-order valence-corrected chi connectivity index (χ1v) is 7.82. The van der Waals surface area contributed by atoms with Gasteiger partial charge in [0.1, 0.15) is 5.60 Å². The van der Waals surface area contributed by atoms with Crippen LogP contribution in [0.15, 0.2) is 18.2 Å². The average Bonchev–Trinajstić information content (AvgIpc) is 2.50. The van der Waals surface area contributed by atoms with Crippen LogP contribution in [0, 0.1) is 0 Å². The molecule has 2 N–H and O–H groups in total. The predicted octanol–water partition coefficient (Wildman–Crippen LogP) is 2.84. The van der Waals surface area contributed by atoms with E-state index in [1.807, 2.05) is 6.07 Å². The van der Waals surface area contributed by atoms with E-state index in [-0.39, 0.29) is 18.3 Å². The van der Waals surface area contributed by atoms with E-state index in [2.05, 4.69) is 10.6 Å². The summed E-state index contributed by atoms with van der Waals surface area (Å²) >= 11 is 12.2. The molecule has 1 fully saturated rings. The van der Waals surface area contributed by atoms with Gasteiger partial charge in [0, 0.05) is 23.7 Å². The maximum Gasteiger partial charge on any atom is 0.252 e. The minimum atomic E-state index is -0.713. The third-order valence-corrected chi connectivity index (χ3v) is 4.65. The van der Waals surface area contributed by atoms with E-state index in [0.29, 0.717) is 35.9 Å². The quantitative estimate of drug-likeness (QED) is 0.841. The van der Waals surface area contributed by atoms with Gasteiger partial charge >= 0.3 is 0 Å². The Morgan fingerprint density at radius 2 is 1.91 bits per heavy atom. The third-order valence-electron chi connectivity index (χ3n) is 3.94. The maximum absolute atomic E-state index is 12.4. The number of ether oxygens (including phenoxy) is 1. The number of methoxy groups -OCH3 is 1. The predicted molar refractivity (Wildman–Crippen MR) is 92.3 cm³/mol. The summed E-state index contributed by atoms with van der Waals surface area (Å²) in [5, 5.41) is 7.42. The molecule has 0 atom stereocenters. The molecule has 1 aliphatic rings. The second-order valence-electron chi connectivity index (χ2n) is 5.15. The van der Waals surface area contributed by atoms with Gasteiger partial charge < -0.3 is 15.4 Å². The SMILES string of the molecule is COC1(C(=O)NCCc2c(Cl)cccc2Cl)CCNCC1.Cl. The van der Waals surface area contributed by atoms with Crippen LogP contribution >= 0.6 is 35.6 Å². The molecule has 1 amide bonds. The van der Waals surface area contributed by atoms with Gasteiger partial charge in [0.05, 0.1) is 0 Å². The van der Waals surface area contributed by atoms with Gasteiger partial charge in [-0.05, 0) is 50.0 Å². The Bertz CT molecular complexity index is 485. The zero-order valence-corrected chi connectivity index (χ0v) is 14.8. The van der Waals surface area contributed by atoms with Gasteiger partial charge in [-0.1, -0.05) is 29.3 Å². The molecular weight excluding hydrogens is 347 g/mol. The highest BCUT2D eigenvalue weighted by Gasteiger charge is 2.39. The topological polar surface area (TPSA) is 50.4 Å². The zero-order chi connectivity index (χ0) is 15.3. The van der Waals surface area contributed by atoms with Gasteiger partial charge in [-0.15, -0.1) is 12.4 Å². The molecule has 0 saturated carbocycles. The molecule has 1 heterocycles. The number of halogens is 3. The molecule has 0 unspecified atom stereocenters. The van der Waals surface area contributed by atoms with Crippen molar-refractivity contribution in [2.75, 3.05) is 26.7 Å². The number of nitrogens with one attached hydrogen (secondary N) is 2. The van der Waals surface area contributed by atoms with Crippen molar-refractivity contribution in [2.45, 2.75) is 24.9 Å². The second kappa shape index (κ2) is 8.94. The van der Waals surface area contributed by atoms with Gasteiger partial charge in [-0.2, -0.15) is 0 Å². The van der Waals surface area contributed by atoms with Crippen LogP contribution in [0.5, 0.6) is 0 Å². The van der Waals surface area contributed by atoms with E-state index in [1.54, 1.807) is 19.2 Å². The fourth-order valence-corrected chi connectivity index (χ4v) is 3.17. The first-order chi connectivity index (χ1) is 10.1. The Hall–Kier alpha value is -0.520. The molecule has 4 nitrogen and oxygen atoms in total. The Kier molecular flexibility index (Phi) is 7.94. The summed E-state index contributed by atoms with van der Waals surface area (Å²) in [4.78, 5) is 12.4. The fourth-order valence-electron chi connectivity index (χ4n) is 2.59. The van der Waals surface area contributed by atoms with Crippen molar-refractivity contribution in [3.8, 4) is 0 Å². The molecule has 1 aromatic carbocycles. The summed E-state index contributed by atoms with van der Waals surface area (Å²) in [6.07, 6.45) is 1.96. The molecule has 7 heteroatoms. The zero-order valence-electron chi connectivity index (χ0n) is 12.5. The Labute approximate surface area is 147 Å². The van der Waals surface area contributed by atoms with Crippen molar-refractivity contribution in [2.24, 2.45) is 0 Å². The van der Waals surface area contributed by atoms with Crippen molar-refractivity contribution in [1.82, 2.24) is 10.6 Å². The highest BCUT2D eigenvalue weighted by atomic mass is 35.5. The van der Waals surface area contributed by atoms with Gasteiger partial charge in [0.2, 0.25) is 0 Å². The number of hydrogen-bond donors (Lipinski definition) is 2. The third kappa shape index (κ3) is 4.49. The minimum absolute atomic E-state index is 0. The van der Waals surface area contributed by atoms with E-state index in [9.17, 15) is 4.79 Å². The first-order valence-electron chi connectivity index (χ1n) is 7.06. The van der Waals surface area contributed by atoms with E-state index in [4.69, 9.17) is 27.9 Å². The summed E-state index contributed by atoms with van der Waals surface area (Å²) in [6, 6.07) is 5.41. The molecule has 1 aliphatic heterocycles. The van der Waals surface area contributed by atoms with Gasteiger partial charge in [0.25, 0.3) is 5.91 Å². The summed E-state index contributed by atoms with van der Waals surface area (Å²) in [5.41, 5.74) is 0.146. The number of rotatable bonds is 5. The summed E-state index contributed by atoms with van der Waals surface area (Å²) < 4.78 is 5.49. The van der Waals surface area contributed by atoms with Crippen LogP contribution in [0.2, 0.25) is 10.0 Å². The first kappa shape index (κ1) is 19.5. The van der Waals surface area contributed by atoms with Crippen LogP contribution < -0.4 is 10.6 Å². The lowest BCUT2D eigenvalue weighted by Gasteiger charge is -2.34. The number of carbonyl (C=O) groups is 1. The van der Waals surface area contributed by atoms with Crippen LogP contribution in [0.3, 0.4) is 0 Å². The van der Waals surface area contributed by atoms with E-state index >= 15 is 0 Å². The Morgan fingerprint density at radius 1 is 1.32 bits per heavy atom. The average molecular weight is 368 g/mol. The normalized spacial score (nSPS) is 16.7. The molecule has 0 aromatic heterocycles. The molecular formula is C15H21Cl3N2O2.